The fourth-order valence-corrected chi connectivity index (χ4v) is 3.09. The predicted octanol–water partition coefficient (Wildman–Crippen LogP) is 3.19. The van der Waals surface area contributed by atoms with E-state index in [0.29, 0.717) is 0 Å². The molecular weight excluding hydrogens is 363 g/mol. The van der Waals surface area contributed by atoms with Crippen LogP contribution >= 0.6 is 22.6 Å². The fraction of sp³-hybridized carbons (Fsp3) is 0.467. The maximum absolute atomic E-state index is 4.42. The van der Waals surface area contributed by atoms with Crippen molar-refractivity contribution in [3.8, 4) is 0 Å². The van der Waals surface area contributed by atoms with E-state index in [4.69, 9.17) is 0 Å². The first kappa shape index (κ1) is 15.4. The molecule has 0 aliphatic carbocycles. The largest absolute Gasteiger partial charge is 0.310 e. The maximum Gasteiger partial charge on any atom is 0.138 e. The Kier molecular flexibility index (Phi) is 5.97. The molecule has 0 aliphatic rings. The minimum Gasteiger partial charge on any atom is -0.310 e. The summed E-state index contributed by atoms with van der Waals surface area (Å²) in [6.07, 6.45) is 3.60. The van der Waals surface area contributed by atoms with E-state index in [1.54, 1.807) is 6.33 Å². The van der Waals surface area contributed by atoms with Crippen LogP contribution in [0.1, 0.15) is 37.7 Å². The molecule has 2 rings (SSSR count). The third-order valence-electron chi connectivity index (χ3n) is 3.25. The average molecular weight is 384 g/mol. The van der Waals surface area contributed by atoms with Crippen molar-refractivity contribution in [2.24, 2.45) is 0 Å². The van der Waals surface area contributed by atoms with Crippen LogP contribution in [0.3, 0.4) is 0 Å². The number of halogens is 1. The quantitative estimate of drug-likeness (QED) is 0.746. The SMILES string of the molecule is CCCn1ncnc1CC(NCC)c1ccccc1I. The van der Waals surface area contributed by atoms with Crippen molar-refractivity contribution in [1.29, 1.82) is 0 Å². The molecule has 0 bridgehead atoms. The van der Waals surface area contributed by atoms with Gasteiger partial charge in [0.1, 0.15) is 12.2 Å². The topological polar surface area (TPSA) is 42.7 Å². The van der Waals surface area contributed by atoms with Crippen molar-refractivity contribution >= 4 is 22.6 Å². The lowest BCUT2D eigenvalue weighted by molar-refractivity contribution is 0.497. The van der Waals surface area contributed by atoms with Gasteiger partial charge in [0.25, 0.3) is 0 Å². The zero-order chi connectivity index (χ0) is 14.4. The van der Waals surface area contributed by atoms with Gasteiger partial charge in [-0.1, -0.05) is 32.0 Å². The Morgan fingerprint density at radius 1 is 1.30 bits per heavy atom. The zero-order valence-corrected chi connectivity index (χ0v) is 14.2. The van der Waals surface area contributed by atoms with Crippen molar-refractivity contribution in [2.75, 3.05) is 6.54 Å². The molecule has 4 nitrogen and oxygen atoms in total. The summed E-state index contributed by atoms with van der Waals surface area (Å²) in [5.74, 6) is 1.05. The highest BCUT2D eigenvalue weighted by molar-refractivity contribution is 14.1. The molecule has 0 saturated heterocycles. The van der Waals surface area contributed by atoms with Crippen LogP contribution < -0.4 is 5.32 Å². The molecule has 1 N–H and O–H groups in total. The lowest BCUT2D eigenvalue weighted by Gasteiger charge is -2.19. The van der Waals surface area contributed by atoms with Gasteiger partial charge in [0.15, 0.2) is 0 Å². The van der Waals surface area contributed by atoms with Crippen molar-refractivity contribution in [1.82, 2.24) is 20.1 Å². The van der Waals surface area contributed by atoms with Crippen molar-refractivity contribution in [3.63, 3.8) is 0 Å². The van der Waals surface area contributed by atoms with E-state index in [9.17, 15) is 0 Å². The number of nitrogens with one attached hydrogen (secondary N) is 1. The minimum absolute atomic E-state index is 0.285. The average Bonchev–Trinajstić information content (AvgIpc) is 2.87. The van der Waals surface area contributed by atoms with E-state index in [1.807, 2.05) is 4.68 Å². The standard InChI is InChI=1S/C15H21IN4/c1-3-9-20-15(18-11-19-20)10-14(17-4-2)12-7-5-6-8-13(12)16/h5-8,11,14,17H,3-4,9-10H2,1-2H3. The highest BCUT2D eigenvalue weighted by Gasteiger charge is 2.16. The van der Waals surface area contributed by atoms with Crippen LogP contribution in [-0.2, 0) is 13.0 Å². The van der Waals surface area contributed by atoms with Gasteiger partial charge < -0.3 is 5.32 Å². The minimum atomic E-state index is 0.285. The Morgan fingerprint density at radius 3 is 2.80 bits per heavy atom. The molecule has 0 aliphatic heterocycles. The summed E-state index contributed by atoms with van der Waals surface area (Å²) >= 11 is 2.40. The van der Waals surface area contributed by atoms with Gasteiger partial charge in [-0.05, 0) is 47.2 Å². The molecule has 108 valence electrons. The Balaban J connectivity index is 2.21. The normalized spacial score (nSPS) is 12.6. The summed E-state index contributed by atoms with van der Waals surface area (Å²) in [5, 5.41) is 7.87. The molecule has 0 saturated carbocycles. The Morgan fingerprint density at radius 2 is 2.10 bits per heavy atom. The molecule has 0 amide bonds. The summed E-state index contributed by atoms with van der Waals surface area (Å²) in [6.45, 7) is 6.17. The number of benzene rings is 1. The number of hydrogen-bond donors (Lipinski definition) is 1. The van der Waals surface area contributed by atoms with Crippen LogP contribution in [0.4, 0.5) is 0 Å². The van der Waals surface area contributed by atoms with Crippen molar-refractivity contribution in [3.05, 3.63) is 45.6 Å². The first-order chi connectivity index (χ1) is 9.76. The van der Waals surface area contributed by atoms with Crippen LogP contribution in [0.2, 0.25) is 0 Å². The number of hydrogen-bond acceptors (Lipinski definition) is 3. The molecule has 1 aromatic carbocycles. The second kappa shape index (κ2) is 7.73. The van der Waals surface area contributed by atoms with Crippen LogP contribution in [-0.4, -0.2) is 21.3 Å². The fourth-order valence-electron chi connectivity index (χ4n) is 2.32. The molecule has 0 fully saturated rings. The molecule has 2 aromatic rings. The molecule has 1 atom stereocenters. The molecule has 0 radical (unpaired) electrons. The third-order valence-corrected chi connectivity index (χ3v) is 4.23. The van der Waals surface area contributed by atoms with Crippen LogP contribution in [0.25, 0.3) is 0 Å². The van der Waals surface area contributed by atoms with Gasteiger partial charge in [-0.3, -0.25) is 4.68 Å². The first-order valence-corrected chi connectivity index (χ1v) is 8.18. The molecule has 1 unspecified atom stereocenters. The number of likely N-dealkylation sites (N-methyl/N-ethyl adjacent to an activating group) is 1. The number of aromatic nitrogens is 3. The Hall–Kier alpha value is -0.950. The predicted molar refractivity (Wildman–Crippen MR) is 89.6 cm³/mol. The van der Waals surface area contributed by atoms with E-state index in [1.165, 1.54) is 9.13 Å². The summed E-state index contributed by atoms with van der Waals surface area (Å²) in [5.41, 5.74) is 1.33. The highest BCUT2D eigenvalue weighted by Crippen LogP contribution is 2.22. The van der Waals surface area contributed by atoms with E-state index in [2.05, 4.69) is 76.1 Å². The molecular formula is C15H21IN4. The maximum atomic E-state index is 4.42. The van der Waals surface area contributed by atoms with E-state index < -0.39 is 0 Å². The van der Waals surface area contributed by atoms with E-state index in [-0.39, 0.29) is 6.04 Å². The summed E-state index contributed by atoms with van der Waals surface area (Å²) in [7, 11) is 0. The Labute approximate surface area is 134 Å². The van der Waals surface area contributed by atoms with E-state index in [0.717, 1.165) is 31.8 Å². The summed E-state index contributed by atoms with van der Waals surface area (Å²) < 4.78 is 3.30. The van der Waals surface area contributed by atoms with Gasteiger partial charge in [-0.2, -0.15) is 5.10 Å². The third kappa shape index (κ3) is 3.79. The summed E-state index contributed by atoms with van der Waals surface area (Å²) in [4.78, 5) is 4.42. The number of aryl methyl sites for hydroxylation is 1. The lowest BCUT2D eigenvalue weighted by Crippen LogP contribution is -2.25. The second-order valence-electron chi connectivity index (χ2n) is 4.74. The smallest absolute Gasteiger partial charge is 0.138 e. The molecule has 1 heterocycles. The molecule has 20 heavy (non-hydrogen) atoms. The monoisotopic (exact) mass is 384 g/mol. The zero-order valence-electron chi connectivity index (χ0n) is 12.0. The van der Waals surface area contributed by atoms with Gasteiger partial charge in [0.2, 0.25) is 0 Å². The van der Waals surface area contributed by atoms with Gasteiger partial charge in [-0.25, -0.2) is 4.98 Å². The van der Waals surface area contributed by atoms with Crippen LogP contribution in [0.15, 0.2) is 30.6 Å². The van der Waals surface area contributed by atoms with Crippen molar-refractivity contribution < 1.29 is 0 Å². The number of rotatable bonds is 7. The lowest BCUT2D eigenvalue weighted by atomic mass is 10.0. The highest BCUT2D eigenvalue weighted by atomic mass is 127. The molecule has 5 heteroatoms. The van der Waals surface area contributed by atoms with Crippen molar-refractivity contribution in [2.45, 2.75) is 39.3 Å². The first-order valence-electron chi connectivity index (χ1n) is 7.10. The van der Waals surface area contributed by atoms with Gasteiger partial charge >= 0.3 is 0 Å². The van der Waals surface area contributed by atoms with Crippen LogP contribution in [0, 0.1) is 3.57 Å². The molecule has 0 spiro atoms. The van der Waals surface area contributed by atoms with Gasteiger partial charge in [0.05, 0.1) is 0 Å². The van der Waals surface area contributed by atoms with Gasteiger partial charge in [-0.15, -0.1) is 0 Å². The van der Waals surface area contributed by atoms with Crippen LogP contribution in [0.5, 0.6) is 0 Å². The number of nitrogens with zero attached hydrogens (tertiary/aromatic N) is 3. The van der Waals surface area contributed by atoms with Gasteiger partial charge in [0, 0.05) is 22.6 Å². The summed E-state index contributed by atoms with van der Waals surface area (Å²) in [6, 6.07) is 8.80. The Bertz CT molecular complexity index is 538. The second-order valence-corrected chi connectivity index (χ2v) is 5.90. The van der Waals surface area contributed by atoms with E-state index >= 15 is 0 Å². The molecule has 1 aromatic heterocycles.